The first-order valence-electron chi connectivity index (χ1n) is 10.9. The predicted molar refractivity (Wildman–Crippen MR) is 136 cm³/mol. The van der Waals surface area contributed by atoms with Gasteiger partial charge in [-0.25, -0.2) is 4.57 Å². The fraction of sp³-hybridized carbons (Fsp3) is 0.148. The average molecular weight is 474 g/mol. The first-order chi connectivity index (χ1) is 16.5. The zero-order valence-electron chi connectivity index (χ0n) is 18.9. The van der Waals surface area contributed by atoms with Crippen molar-refractivity contribution < 1.29 is 18.7 Å². The first kappa shape index (κ1) is 23.6. The van der Waals surface area contributed by atoms with E-state index < -0.39 is 7.75 Å². The molecule has 0 radical (unpaired) electrons. The summed E-state index contributed by atoms with van der Waals surface area (Å²) >= 11 is 0. The SMILES string of the molecule is C=CC1C=C(c2ccc(CO)cc2)C/C(=N/P(=O)(Oc2ccccc2)Oc2ccccc2)N1C. The third-order valence-corrected chi connectivity index (χ3v) is 6.85. The van der Waals surface area contributed by atoms with Gasteiger partial charge in [0.15, 0.2) is 0 Å². The second kappa shape index (κ2) is 10.6. The maximum absolute atomic E-state index is 14.0. The second-order valence-corrected chi connectivity index (χ2v) is 9.36. The minimum atomic E-state index is -3.99. The van der Waals surface area contributed by atoms with Crippen LogP contribution in [0.1, 0.15) is 17.5 Å². The van der Waals surface area contributed by atoms with E-state index in [-0.39, 0.29) is 12.6 Å². The molecule has 1 heterocycles. The van der Waals surface area contributed by atoms with Crippen molar-refractivity contribution in [2.75, 3.05) is 7.05 Å². The number of likely N-dealkylation sites (N-methyl/N-ethyl adjacent to an activating group) is 1. The van der Waals surface area contributed by atoms with Gasteiger partial charge in [0.2, 0.25) is 0 Å². The van der Waals surface area contributed by atoms with Crippen LogP contribution in [0.4, 0.5) is 0 Å². The Balaban J connectivity index is 1.71. The summed E-state index contributed by atoms with van der Waals surface area (Å²) in [5, 5.41) is 9.35. The van der Waals surface area contributed by atoms with E-state index in [1.165, 1.54) is 0 Å². The zero-order valence-corrected chi connectivity index (χ0v) is 19.8. The number of para-hydroxylation sites is 2. The average Bonchev–Trinajstić information content (AvgIpc) is 2.86. The number of amidine groups is 1. The zero-order chi connectivity index (χ0) is 24.0. The smallest absolute Gasteiger partial charge is 0.399 e. The van der Waals surface area contributed by atoms with Crippen LogP contribution in [0.3, 0.4) is 0 Å². The molecule has 0 aliphatic carbocycles. The Bertz CT molecular complexity index is 1180. The van der Waals surface area contributed by atoms with Crippen LogP contribution in [0.5, 0.6) is 11.5 Å². The van der Waals surface area contributed by atoms with Gasteiger partial charge in [-0.1, -0.05) is 72.8 Å². The molecular formula is C27H27N2O4P. The van der Waals surface area contributed by atoms with E-state index in [2.05, 4.69) is 17.4 Å². The molecule has 4 rings (SSSR count). The van der Waals surface area contributed by atoms with Gasteiger partial charge < -0.3 is 19.1 Å². The molecule has 1 atom stereocenters. The molecule has 3 aromatic rings. The third-order valence-electron chi connectivity index (χ3n) is 5.49. The summed E-state index contributed by atoms with van der Waals surface area (Å²) in [4.78, 5) is 1.91. The number of rotatable bonds is 8. The molecule has 0 amide bonds. The van der Waals surface area contributed by atoms with Crippen LogP contribution >= 0.6 is 7.75 Å². The Kier molecular flexibility index (Phi) is 7.31. The quantitative estimate of drug-likeness (QED) is 0.315. The molecule has 3 aromatic carbocycles. The highest BCUT2D eigenvalue weighted by Crippen LogP contribution is 2.51. The lowest BCUT2D eigenvalue weighted by Crippen LogP contribution is -2.38. The summed E-state index contributed by atoms with van der Waals surface area (Å²) in [6.45, 7) is 3.94. The van der Waals surface area contributed by atoms with Crippen molar-refractivity contribution in [2.45, 2.75) is 19.1 Å². The molecule has 1 N–H and O–H groups in total. The molecule has 0 aromatic heterocycles. The highest BCUT2D eigenvalue weighted by atomic mass is 31.2. The molecule has 174 valence electrons. The molecular weight excluding hydrogens is 447 g/mol. The van der Waals surface area contributed by atoms with Gasteiger partial charge in [0.05, 0.1) is 12.6 Å². The van der Waals surface area contributed by atoms with E-state index in [1.54, 1.807) is 54.6 Å². The summed E-state index contributed by atoms with van der Waals surface area (Å²) in [5.41, 5.74) is 2.84. The summed E-state index contributed by atoms with van der Waals surface area (Å²) in [7, 11) is -2.11. The number of aliphatic hydroxyl groups excluding tert-OH is 1. The number of nitrogens with zero attached hydrogens (tertiary/aromatic N) is 2. The van der Waals surface area contributed by atoms with Crippen LogP contribution in [-0.2, 0) is 11.2 Å². The van der Waals surface area contributed by atoms with E-state index in [0.717, 1.165) is 16.7 Å². The van der Waals surface area contributed by atoms with Gasteiger partial charge in [-0.15, -0.1) is 11.3 Å². The number of hydrogen-bond donors (Lipinski definition) is 1. The second-order valence-electron chi connectivity index (χ2n) is 7.85. The van der Waals surface area contributed by atoms with Crippen LogP contribution in [0.25, 0.3) is 5.57 Å². The Morgan fingerprint density at radius 3 is 2.06 bits per heavy atom. The minimum Gasteiger partial charge on any atom is -0.399 e. The molecule has 0 fully saturated rings. The van der Waals surface area contributed by atoms with Gasteiger partial charge in [0.25, 0.3) is 0 Å². The molecule has 6 nitrogen and oxygen atoms in total. The van der Waals surface area contributed by atoms with Gasteiger partial charge in [0, 0.05) is 13.5 Å². The maximum Gasteiger partial charge on any atom is 0.564 e. The lowest BCUT2D eigenvalue weighted by molar-refractivity contribution is 0.282. The normalized spacial score (nSPS) is 17.2. The fourth-order valence-electron chi connectivity index (χ4n) is 3.63. The summed E-state index contributed by atoms with van der Waals surface area (Å²) in [6.07, 6.45) is 4.33. The topological polar surface area (TPSA) is 71.4 Å². The molecule has 0 bridgehead atoms. The van der Waals surface area contributed by atoms with Crippen molar-refractivity contribution in [1.29, 1.82) is 0 Å². The molecule has 0 saturated carbocycles. The van der Waals surface area contributed by atoms with Crippen molar-refractivity contribution in [3.05, 3.63) is 115 Å². The Hall–Kier alpha value is -3.60. The summed E-state index contributed by atoms with van der Waals surface area (Å²) in [5.74, 6) is 1.37. The Morgan fingerprint density at radius 1 is 1.00 bits per heavy atom. The minimum absolute atomic E-state index is 0.0130. The van der Waals surface area contributed by atoms with Crippen LogP contribution < -0.4 is 9.05 Å². The van der Waals surface area contributed by atoms with E-state index in [1.807, 2.05) is 48.3 Å². The van der Waals surface area contributed by atoms with Crippen molar-refractivity contribution >= 4 is 19.2 Å². The van der Waals surface area contributed by atoms with Crippen LogP contribution in [-0.4, -0.2) is 28.9 Å². The van der Waals surface area contributed by atoms with Crippen molar-refractivity contribution in [3.8, 4) is 11.5 Å². The maximum atomic E-state index is 14.0. The van der Waals surface area contributed by atoms with Crippen LogP contribution in [0.15, 0.2) is 108 Å². The number of benzene rings is 3. The van der Waals surface area contributed by atoms with E-state index in [9.17, 15) is 9.67 Å². The van der Waals surface area contributed by atoms with Gasteiger partial charge in [-0.2, -0.15) is 0 Å². The monoisotopic (exact) mass is 474 g/mol. The highest BCUT2D eigenvalue weighted by molar-refractivity contribution is 7.53. The van der Waals surface area contributed by atoms with E-state index in [0.29, 0.717) is 23.8 Å². The molecule has 0 saturated heterocycles. The Labute approximate surface area is 200 Å². The van der Waals surface area contributed by atoms with Crippen molar-refractivity contribution in [3.63, 3.8) is 0 Å². The van der Waals surface area contributed by atoms with E-state index in [4.69, 9.17) is 9.05 Å². The summed E-state index contributed by atoms with van der Waals surface area (Å²) in [6, 6.07) is 25.3. The number of aliphatic hydroxyl groups is 1. The van der Waals surface area contributed by atoms with Crippen molar-refractivity contribution in [2.24, 2.45) is 4.76 Å². The largest absolute Gasteiger partial charge is 0.564 e. The fourth-order valence-corrected chi connectivity index (χ4v) is 5.02. The molecule has 1 unspecified atom stereocenters. The van der Waals surface area contributed by atoms with Crippen LogP contribution in [0.2, 0.25) is 0 Å². The highest BCUT2D eigenvalue weighted by Gasteiger charge is 2.32. The predicted octanol–water partition coefficient (Wildman–Crippen LogP) is 6.12. The lowest BCUT2D eigenvalue weighted by atomic mass is 9.94. The standard InChI is InChI=1S/C27H27N2O4P/c1-3-24-18-23(22-16-14-21(20-30)15-17-22)19-27(29(24)2)28-34(31,32-25-10-6-4-7-11-25)33-26-12-8-5-9-13-26/h3-18,24,30H,1,19-20H2,2H3/b28-27-. The molecule has 0 spiro atoms. The molecule has 34 heavy (non-hydrogen) atoms. The molecule has 7 heteroatoms. The van der Waals surface area contributed by atoms with E-state index >= 15 is 0 Å². The number of hydrogen-bond acceptors (Lipinski definition) is 4. The van der Waals surface area contributed by atoms with Gasteiger partial charge in [0.1, 0.15) is 17.3 Å². The van der Waals surface area contributed by atoms with Crippen LogP contribution in [0, 0.1) is 0 Å². The van der Waals surface area contributed by atoms with Gasteiger partial charge in [-0.3, -0.25) is 0 Å². The first-order valence-corrected chi connectivity index (χ1v) is 12.4. The van der Waals surface area contributed by atoms with Crippen molar-refractivity contribution in [1.82, 2.24) is 4.90 Å². The Morgan fingerprint density at radius 2 is 1.56 bits per heavy atom. The lowest BCUT2D eigenvalue weighted by Gasteiger charge is -2.33. The third kappa shape index (κ3) is 5.66. The van der Waals surface area contributed by atoms with Gasteiger partial charge >= 0.3 is 7.75 Å². The molecule has 1 aliphatic rings. The summed E-state index contributed by atoms with van der Waals surface area (Å²) < 4.78 is 30.2. The van der Waals surface area contributed by atoms with Gasteiger partial charge in [-0.05, 0) is 41.0 Å². The molecule has 1 aliphatic heterocycles.